The second kappa shape index (κ2) is 4.38. The molecule has 1 aliphatic carbocycles. The van der Waals surface area contributed by atoms with E-state index in [1.807, 2.05) is 0 Å². The second-order valence-electron chi connectivity index (χ2n) is 5.17. The van der Waals surface area contributed by atoms with E-state index in [0.717, 1.165) is 17.7 Å². The molecule has 0 amide bonds. The summed E-state index contributed by atoms with van der Waals surface area (Å²) in [4.78, 5) is 2.59. The van der Waals surface area contributed by atoms with Gasteiger partial charge >= 0.3 is 0 Å². The quantitative estimate of drug-likeness (QED) is 0.729. The lowest BCUT2D eigenvalue weighted by atomic mass is 9.77. The summed E-state index contributed by atoms with van der Waals surface area (Å²) in [7, 11) is 0. The number of alkyl halides is 1. The lowest BCUT2D eigenvalue weighted by Crippen LogP contribution is -2.32. The van der Waals surface area contributed by atoms with E-state index in [1.54, 1.807) is 11.1 Å². The molecule has 1 aromatic rings. The minimum atomic E-state index is 0.733. The molecule has 2 atom stereocenters. The number of nitrogens with zero attached hydrogens (tertiary/aromatic N) is 1. The molecule has 1 nitrogen and oxygen atoms in total. The van der Waals surface area contributed by atoms with Gasteiger partial charge in [-0.25, -0.2) is 0 Å². The molecular weight excluding hydrogens is 218 g/mol. The van der Waals surface area contributed by atoms with Crippen LogP contribution in [0.1, 0.15) is 23.5 Å². The third-order valence-corrected chi connectivity index (χ3v) is 4.46. The first kappa shape index (κ1) is 10.6. The zero-order chi connectivity index (χ0) is 11.0. The molecule has 1 fully saturated rings. The summed E-state index contributed by atoms with van der Waals surface area (Å²) in [6, 6.07) is 8.86. The Morgan fingerprint density at radius 1 is 1.31 bits per heavy atom. The molecule has 0 bridgehead atoms. The Kier molecular flexibility index (Phi) is 2.91. The van der Waals surface area contributed by atoms with Gasteiger partial charge in [-0.1, -0.05) is 24.3 Å². The number of fused-ring (bicyclic) bond motifs is 1. The van der Waals surface area contributed by atoms with Gasteiger partial charge in [0, 0.05) is 24.9 Å². The van der Waals surface area contributed by atoms with Gasteiger partial charge in [-0.05, 0) is 36.4 Å². The van der Waals surface area contributed by atoms with E-state index < -0.39 is 0 Å². The van der Waals surface area contributed by atoms with Crippen LogP contribution in [0.2, 0.25) is 0 Å². The summed E-state index contributed by atoms with van der Waals surface area (Å²) in [5.74, 6) is 2.35. The number of hydrogen-bond donors (Lipinski definition) is 0. The van der Waals surface area contributed by atoms with Crippen LogP contribution in [0, 0.1) is 5.92 Å². The standard InChI is InChI=1S/C14H18ClN/c15-8-11-5-6-16(9-11)10-13-7-12-3-1-2-4-14(12)13/h1-4,11,13H,5-10H2. The van der Waals surface area contributed by atoms with E-state index in [9.17, 15) is 0 Å². The van der Waals surface area contributed by atoms with E-state index in [2.05, 4.69) is 29.2 Å². The maximum atomic E-state index is 5.91. The summed E-state index contributed by atoms with van der Waals surface area (Å²) in [6.45, 7) is 3.70. The monoisotopic (exact) mass is 235 g/mol. The third-order valence-electron chi connectivity index (χ3n) is 4.03. The summed E-state index contributed by atoms with van der Waals surface area (Å²) in [6.07, 6.45) is 2.57. The highest BCUT2D eigenvalue weighted by Gasteiger charge is 2.30. The van der Waals surface area contributed by atoms with Gasteiger partial charge in [-0.2, -0.15) is 0 Å². The number of benzene rings is 1. The van der Waals surface area contributed by atoms with Crippen molar-refractivity contribution in [3.05, 3.63) is 35.4 Å². The number of rotatable bonds is 3. The van der Waals surface area contributed by atoms with Gasteiger partial charge in [-0.15, -0.1) is 11.6 Å². The minimum absolute atomic E-state index is 0.733. The Bertz CT molecular complexity index is 377. The molecule has 1 heterocycles. The van der Waals surface area contributed by atoms with Gasteiger partial charge in [0.1, 0.15) is 0 Å². The Balaban J connectivity index is 1.59. The van der Waals surface area contributed by atoms with Crippen LogP contribution in [0.5, 0.6) is 0 Å². The van der Waals surface area contributed by atoms with E-state index >= 15 is 0 Å². The van der Waals surface area contributed by atoms with E-state index in [1.165, 1.54) is 32.5 Å². The first-order chi connectivity index (χ1) is 7.86. The predicted molar refractivity (Wildman–Crippen MR) is 68.2 cm³/mol. The molecule has 86 valence electrons. The molecule has 0 N–H and O–H groups in total. The van der Waals surface area contributed by atoms with Crippen LogP contribution in [-0.2, 0) is 6.42 Å². The van der Waals surface area contributed by atoms with Crippen molar-refractivity contribution in [2.24, 2.45) is 5.92 Å². The van der Waals surface area contributed by atoms with Crippen molar-refractivity contribution in [2.45, 2.75) is 18.8 Å². The van der Waals surface area contributed by atoms with Crippen molar-refractivity contribution < 1.29 is 0 Å². The van der Waals surface area contributed by atoms with Gasteiger partial charge in [0.05, 0.1) is 0 Å². The van der Waals surface area contributed by atoms with Crippen molar-refractivity contribution in [3.63, 3.8) is 0 Å². The first-order valence-corrected chi connectivity index (χ1v) is 6.76. The maximum Gasteiger partial charge on any atom is 0.0264 e. The normalized spacial score (nSPS) is 28.8. The summed E-state index contributed by atoms with van der Waals surface area (Å²) in [5.41, 5.74) is 3.14. The molecule has 0 radical (unpaired) electrons. The Labute approximate surface area is 102 Å². The van der Waals surface area contributed by atoms with Crippen LogP contribution in [-0.4, -0.2) is 30.4 Å². The molecule has 1 saturated heterocycles. The molecule has 0 spiro atoms. The van der Waals surface area contributed by atoms with Crippen LogP contribution >= 0.6 is 11.6 Å². The fraction of sp³-hybridized carbons (Fsp3) is 0.571. The van der Waals surface area contributed by atoms with Gasteiger partial charge in [0.15, 0.2) is 0 Å². The average molecular weight is 236 g/mol. The molecule has 1 aliphatic heterocycles. The van der Waals surface area contributed by atoms with Gasteiger partial charge in [0.25, 0.3) is 0 Å². The molecule has 2 heteroatoms. The fourth-order valence-corrected chi connectivity index (χ4v) is 3.29. The van der Waals surface area contributed by atoms with Gasteiger partial charge in [0.2, 0.25) is 0 Å². The number of hydrogen-bond acceptors (Lipinski definition) is 1. The third kappa shape index (κ3) is 1.87. The van der Waals surface area contributed by atoms with Crippen LogP contribution in [0.15, 0.2) is 24.3 Å². The Morgan fingerprint density at radius 2 is 2.19 bits per heavy atom. The highest BCUT2D eigenvalue weighted by atomic mass is 35.5. The molecule has 0 saturated carbocycles. The predicted octanol–water partition coefficient (Wildman–Crippen LogP) is 2.89. The Hall–Kier alpha value is -0.530. The number of likely N-dealkylation sites (tertiary alicyclic amines) is 1. The summed E-state index contributed by atoms with van der Waals surface area (Å²) in [5, 5.41) is 0. The molecule has 0 aromatic heterocycles. The van der Waals surface area contributed by atoms with Crippen molar-refractivity contribution in [2.75, 3.05) is 25.5 Å². The summed E-state index contributed by atoms with van der Waals surface area (Å²) < 4.78 is 0. The molecule has 3 rings (SSSR count). The van der Waals surface area contributed by atoms with Crippen molar-refractivity contribution in [1.29, 1.82) is 0 Å². The Morgan fingerprint density at radius 3 is 2.94 bits per heavy atom. The molecule has 1 aromatic carbocycles. The van der Waals surface area contributed by atoms with Crippen LogP contribution in [0.25, 0.3) is 0 Å². The SMILES string of the molecule is ClCC1CCN(CC2Cc3ccccc32)C1. The second-order valence-corrected chi connectivity index (χ2v) is 5.48. The van der Waals surface area contributed by atoms with E-state index in [-0.39, 0.29) is 0 Å². The molecule has 2 unspecified atom stereocenters. The zero-order valence-corrected chi connectivity index (χ0v) is 10.3. The first-order valence-electron chi connectivity index (χ1n) is 6.23. The van der Waals surface area contributed by atoms with Gasteiger partial charge < -0.3 is 4.90 Å². The lowest BCUT2D eigenvalue weighted by molar-refractivity contribution is 0.293. The largest absolute Gasteiger partial charge is 0.302 e. The fourth-order valence-electron chi connectivity index (χ4n) is 3.04. The van der Waals surface area contributed by atoms with E-state index in [0.29, 0.717) is 0 Å². The van der Waals surface area contributed by atoms with Crippen molar-refractivity contribution in [3.8, 4) is 0 Å². The minimum Gasteiger partial charge on any atom is -0.302 e. The van der Waals surface area contributed by atoms with Crippen molar-refractivity contribution >= 4 is 11.6 Å². The van der Waals surface area contributed by atoms with Crippen molar-refractivity contribution in [1.82, 2.24) is 4.90 Å². The average Bonchev–Trinajstić information content (AvgIpc) is 2.74. The number of halogens is 1. The van der Waals surface area contributed by atoms with Gasteiger partial charge in [-0.3, -0.25) is 0 Å². The van der Waals surface area contributed by atoms with E-state index in [4.69, 9.17) is 11.6 Å². The maximum absolute atomic E-state index is 5.91. The van der Waals surface area contributed by atoms with Crippen LogP contribution in [0.4, 0.5) is 0 Å². The molecular formula is C14H18ClN. The topological polar surface area (TPSA) is 3.24 Å². The van der Waals surface area contributed by atoms with Crippen LogP contribution in [0.3, 0.4) is 0 Å². The lowest BCUT2D eigenvalue weighted by Gasteiger charge is -2.33. The smallest absolute Gasteiger partial charge is 0.0264 e. The highest BCUT2D eigenvalue weighted by Crippen LogP contribution is 2.36. The zero-order valence-electron chi connectivity index (χ0n) is 9.53. The highest BCUT2D eigenvalue weighted by molar-refractivity contribution is 6.18. The molecule has 16 heavy (non-hydrogen) atoms. The molecule has 2 aliphatic rings. The summed E-state index contributed by atoms with van der Waals surface area (Å²) >= 11 is 5.91. The van der Waals surface area contributed by atoms with Crippen LogP contribution < -0.4 is 0 Å².